The van der Waals surface area contributed by atoms with E-state index in [1.165, 1.54) is 0 Å². The van der Waals surface area contributed by atoms with Gasteiger partial charge in [-0.1, -0.05) is 6.92 Å². The van der Waals surface area contributed by atoms with Crippen LogP contribution in [0.25, 0.3) is 0 Å². The van der Waals surface area contributed by atoms with Gasteiger partial charge in [0.2, 0.25) is 0 Å². The Labute approximate surface area is 117 Å². The molecule has 1 N–H and O–H groups in total. The fourth-order valence-corrected chi connectivity index (χ4v) is 3.70. The molecule has 0 radical (unpaired) electrons. The third-order valence-electron chi connectivity index (χ3n) is 4.55. The van der Waals surface area contributed by atoms with Crippen molar-refractivity contribution in [3.63, 3.8) is 0 Å². The minimum absolute atomic E-state index is 0.0748. The standard InChI is InChI=1S/C15H30N2O2/c1-6-16-13-12(11-17-7-9-18-10-8-17)14(2,3)19-15(13,4)5/h12-13,16H,6-11H2,1-5H3. The van der Waals surface area contributed by atoms with E-state index in [0.717, 1.165) is 39.4 Å². The lowest BCUT2D eigenvalue weighted by atomic mass is 9.82. The molecular weight excluding hydrogens is 240 g/mol. The third-order valence-corrected chi connectivity index (χ3v) is 4.55. The first kappa shape index (κ1) is 15.2. The van der Waals surface area contributed by atoms with Crippen molar-refractivity contribution >= 4 is 0 Å². The molecule has 2 aliphatic heterocycles. The molecule has 2 heterocycles. The molecule has 2 saturated heterocycles. The number of nitrogens with one attached hydrogen (secondary N) is 1. The van der Waals surface area contributed by atoms with Crippen molar-refractivity contribution in [3.05, 3.63) is 0 Å². The highest BCUT2D eigenvalue weighted by molar-refractivity contribution is 5.06. The van der Waals surface area contributed by atoms with Crippen LogP contribution in [0.2, 0.25) is 0 Å². The molecule has 4 heteroatoms. The molecule has 0 amide bonds. The molecule has 0 aliphatic carbocycles. The number of hydrogen-bond donors (Lipinski definition) is 1. The summed E-state index contributed by atoms with van der Waals surface area (Å²) in [6, 6.07) is 0.412. The van der Waals surface area contributed by atoms with Crippen LogP contribution in [0.1, 0.15) is 34.6 Å². The second kappa shape index (κ2) is 5.68. The van der Waals surface area contributed by atoms with Crippen LogP contribution in [0.15, 0.2) is 0 Å². The third kappa shape index (κ3) is 3.30. The minimum atomic E-state index is -0.101. The number of nitrogens with zero attached hydrogens (tertiary/aromatic N) is 1. The minimum Gasteiger partial charge on any atom is -0.379 e. The van der Waals surface area contributed by atoms with Crippen molar-refractivity contribution in [2.75, 3.05) is 39.4 Å². The van der Waals surface area contributed by atoms with Gasteiger partial charge in [0.05, 0.1) is 24.4 Å². The van der Waals surface area contributed by atoms with Gasteiger partial charge < -0.3 is 14.8 Å². The molecule has 19 heavy (non-hydrogen) atoms. The second-order valence-corrected chi connectivity index (χ2v) is 6.86. The summed E-state index contributed by atoms with van der Waals surface area (Å²) in [6.45, 7) is 17.0. The molecular formula is C15H30N2O2. The Morgan fingerprint density at radius 1 is 1.11 bits per heavy atom. The Kier molecular flexibility index (Phi) is 4.56. The highest BCUT2D eigenvalue weighted by Gasteiger charge is 2.53. The predicted octanol–water partition coefficient (Wildman–Crippen LogP) is 1.50. The molecule has 4 nitrogen and oxygen atoms in total. The molecule has 2 unspecified atom stereocenters. The first-order chi connectivity index (χ1) is 8.87. The lowest BCUT2D eigenvalue weighted by Gasteiger charge is -2.36. The van der Waals surface area contributed by atoms with E-state index < -0.39 is 0 Å². The molecule has 2 atom stereocenters. The van der Waals surface area contributed by atoms with E-state index in [2.05, 4.69) is 44.8 Å². The van der Waals surface area contributed by atoms with Crippen molar-refractivity contribution in [3.8, 4) is 0 Å². The molecule has 0 aromatic rings. The zero-order valence-corrected chi connectivity index (χ0v) is 13.2. The Balaban J connectivity index is 2.09. The van der Waals surface area contributed by atoms with Crippen LogP contribution in [0.3, 0.4) is 0 Å². The predicted molar refractivity (Wildman–Crippen MR) is 77.5 cm³/mol. The first-order valence-corrected chi connectivity index (χ1v) is 7.60. The molecule has 2 fully saturated rings. The molecule has 0 spiro atoms. The van der Waals surface area contributed by atoms with E-state index in [1.807, 2.05) is 0 Å². The van der Waals surface area contributed by atoms with Crippen LogP contribution in [0.4, 0.5) is 0 Å². The number of ether oxygens (including phenoxy) is 2. The molecule has 0 aromatic heterocycles. The molecule has 2 rings (SSSR count). The van der Waals surface area contributed by atoms with E-state index in [0.29, 0.717) is 12.0 Å². The lowest BCUT2D eigenvalue weighted by molar-refractivity contribution is -0.0813. The number of likely N-dealkylation sites (N-methyl/N-ethyl adjacent to an activating group) is 1. The SMILES string of the molecule is CCNC1C(CN2CCOCC2)C(C)(C)OC1(C)C. The Morgan fingerprint density at radius 3 is 2.32 bits per heavy atom. The van der Waals surface area contributed by atoms with Gasteiger partial charge >= 0.3 is 0 Å². The number of hydrogen-bond acceptors (Lipinski definition) is 4. The maximum Gasteiger partial charge on any atom is 0.0790 e. The largest absolute Gasteiger partial charge is 0.379 e. The highest BCUT2D eigenvalue weighted by Crippen LogP contribution is 2.42. The normalized spacial score (nSPS) is 34.6. The smallest absolute Gasteiger partial charge is 0.0790 e. The fraction of sp³-hybridized carbons (Fsp3) is 1.00. The van der Waals surface area contributed by atoms with Crippen molar-refractivity contribution < 1.29 is 9.47 Å². The van der Waals surface area contributed by atoms with Gasteiger partial charge in [0, 0.05) is 31.6 Å². The first-order valence-electron chi connectivity index (χ1n) is 7.60. The molecule has 0 bridgehead atoms. The van der Waals surface area contributed by atoms with Crippen molar-refractivity contribution in [2.24, 2.45) is 5.92 Å². The van der Waals surface area contributed by atoms with E-state index >= 15 is 0 Å². The summed E-state index contributed by atoms with van der Waals surface area (Å²) < 4.78 is 11.8. The highest BCUT2D eigenvalue weighted by atomic mass is 16.5. The Hall–Kier alpha value is -0.160. The van der Waals surface area contributed by atoms with Crippen molar-refractivity contribution in [2.45, 2.75) is 51.9 Å². The second-order valence-electron chi connectivity index (χ2n) is 6.86. The Morgan fingerprint density at radius 2 is 1.74 bits per heavy atom. The molecule has 0 aromatic carbocycles. The summed E-state index contributed by atoms with van der Waals surface area (Å²) in [5.41, 5.74) is -0.175. The molecule has 112 valence electrons. The van der Waals surface area contributed by atoms with Crippen LogP contribution in [0, 0.1) is 5.92 Å². The number of morpholine rings is 1. The summed E-state index contributed by atoms with van der Waals surface area (Å²) in [5.74, 6) is 0.514. The van der Waals surface area contributed by atoms with Gasteiger partial charge in [-0.3, -0.25) is 4.90 Å². The zero-order valence-electron chi connectivity index (χ0n) is 13.2. The van der Waals surface area contributed by atoms with Crippen LogP contribution in [-0.4, -0.2) is 61.5 Å². The van der Waals surface area contributed by atoms with Crippen LogP contribution < -0.4 is 5.32 Å². The van der Waals surface area contributed by atoms with Gasteiger partial charge in [0.1, 0.15) is 0 Å². The zero-order chi connectivity index (χ0) is 14.1. The van der Waals surface area contributed by atoms with Crippen molar-refractivity contribution in [1.82, 2.24) is 10.2 Å². The summed E-state index contributed by atoms with van der Waals surface area (Å²) in [7, 11) is 0. The molecule has 2 aliphatic rings. The average Bonchev–Trinajstić information content (AvgIpc) is 2.49. The van der Waals surface area contributed by atoms with Gasteiger partial charge in [-0.05, 0) is 34.2 Å². The van der Waals surface area contributed by atoms with Crippen LogP contribution >= 0.6 is 0 Å². The Bertz CT molecular complexity index is 299. The maximum atomic E-state index is 6.34. The summed E-state index contributed by atoms with van der Waals surface area (Å²) in [6.07, 6.45) is 0. The lowest BCUT2D eigenvalue weighted by Crippen LogP contribution is -2.52. The van der Waals surface area contributed by atoms with Crippen LogP contribution in [0.5, 0.6) is 0 Å². The summed E-state index contributed by atoms with van der Waals surface area (Å²) in [4.78, 5) is 2.52. The van der Waals surface area contributed by atoms with E-state index in [9.17, 15) is 0 Å². The fourth-order valence-electron chi connectivity index (χ4n) is 3.70. The van der Waals surface area contributed by atoms with E-state index in [4.69, 9.17) is 9.47 Å². The average molecular weight is 270 g/mol. The van der Waals surface area contributed by atoms with Gasteiger partial charge in [0.15, 0.2) is 0 Å². The summed E-state index contributed by atoms with van der Waals surface area (Å²) >= 11 is 0. The van der Waals surface area contributed by atoms with Crippen LogP contribution in [-0.2, 0) is 9.47 Å². The topological polar surface area (TPSA) is 33.7 Å². The van der Waals surface area contributed by atoms with Crippen molar-refractivity contribution in [1.29, 1.82) is 0 Å². The quantitative estimate of drug-likeness (QED) is 0.839. The van der Waals surface area contributed by atoms with E-state index in [1.54, 1.807) is 0 Å². The maximum absolute atomic E-state index is 6.34. The van der Waals surface area contributed by atoms with Gasteiger partial charge in [-0.2, -0.15) is 0 Å². The van der Waals surface area contributed by atoms with Gasteiger partial charge in [0.25, 0.3) is 0 Å². The van der Waals surface area contributed by atoms with Gasteiger partial charge in [-0.15, -0.1) is 0 Å². The summed E-state index contributed by atoms with van der Waals surface area (Å²) in [5, 5.41) is 3.65. The van der Waals surface area contributed by atoms with E-state index in [-0.39, 0.29) is 11.2 Å². The number of rotatable bonds is 4. The van der Waals surface area contributed by atoms with Gasteiger partial charge in [-0.25, -0.2) is 0 Å². The monoisotopic (exact) mass is 270 g/mol. The molecule has 0 saturated carbocycles.